The van der Waals surface area contributed by atoms with Crippen LogP contribution in [0.3, 0.4) is 0 Å². The Labute approximate surface area is 499 Å². The number of piperidine rings is 3. The summed E-state index contributed by atoms with van der Waals surface area (Å²) >= 11 is 6.41. The third-order valence-corrected chi connectivity index (χ3v) is 19.6. The summed E-state index contributed by atoms with van der Waals surface area (Å²) in [6.07, 6.45) is 16.0. The fraction of sp³-hybridized carbons (Fsp3) is 0.625. The highest BCUT2D eigenvalue weighted by atomic mass is 35.5. The number of likely N-dealkylation sites (tertiary alicyclic amines) is 3. The molecule has 8 fully saturated rings. The molecule has 8 aliphatic rings. The van der Waals surface area contributed by atoms with Gasteiger partial charge in [0.1, 0.15) is 35.5 Å². The number of rotatable bonds is 16. The van der Waals surface area contributed by atoms with Gasteiger partial charge < -0.3 is 39.4 Å². The smallest absolute Gasteiger partial charge is 0.425 e. The number of hydrogen-bond acceptors (Lipinski definition) is 12. The monoisotopic (exact) mass is 1170 g/mol. The van der Waals surface area contributed by atoms with Gasteiger partial charge in [0.05, 0.1) is 24.1 Å². The zero-order valence-corrected chi connectivity index (χ0v) is 50.2. The van der Waals surface area contributed by atoms with Gasteiger partial charge in [0, 0.05) is 133 Å². The number of fused-ring (bicyclic) bond motifs is 1. The van der Waals surface area contributed by atoms with Crippen LogP contribution in [0.2, 0.25) is 5.02 Å². The standard InChI is InChI=1S/C64H85ClN12O7/c1-63(2,3)84-62(82)77-61(64(77)24-32-74(33-25-64)57-52-18-26-66-56(52)67-42-68-57)69-53(43-14-16-49(65)17-15-43)23-29-71-34-36-73(37-35-71)54(78)41-72-27-19-50(20-28-72)83-51-21-30-75(31-22-51)60(81)55(44-8-5-4-6-9-44)70-58(79)47-11-7-10-46(38-47)48-39-76(40-48)59(80)45-12-13-45/h7,10-11,14-18,26,38,42,44-45,48,50-51,53,55H,4-6,8-9,12-13,19-25,27-37,39-41H2,1-3H3,(H,70,79)(H,66,67,68)/p+1/t53-,55+,77?/m0/s1. The molecule has 8 heterocycles. The molecule has 2 aliphatic carbocycles. The van der Waals surface area contributed by atoms with E-state index in [2.05, 4.69) is 52.1 Å². The van der Waals surface area contributed by atoms with Gasteiger partial charge in [0.25, 0.3) is 5.91 Å². The summed E-state index contributed by atoms with van der Waals surface area (Å²) in [5, 5.41) is 4.88. The van der Waals surface area contributed by atoms with Crippen LogP contribution < -0.4 is 15.2 Å². The van der Waals surface area contributed by atoms with Crippen molar-refractivity contribution in [3.05, 3.63) is 88.8 Å². The van der Waals surface area contributed by atoms with Crippen LogP contribution in [-0.4, -0.2) is 201 Å². The second-order valence-corrected chi connectivity index (χ2v) is 26.6. The molecule has 0 unspecified atom stereocenters. The normalized spacial score (nSPS) is 22.8. The Morgan fingerprint density at radius 1 is 0.774 bits per heavy atom. The highest BCUT2D eigenvalue weighted by Crippen LogP contribution is 2.45. The molecule has 1 spiro atoms. The van der Waals surface area contributed by atoms with Gasteiger partial charge in [-0.15, -0.1) is 4.90 Å². The summed E-state index contributed by atoms with van der Waals surface area (Å²) < 4.78 is 12.7. The molecule has 12 rings (SSSR count). The highest BCUT2D eigenvalue weighted by molar-refractivity contribution is 6.30. The Morgan fingerprint density at radius 2 is 1.48 bits per heavy atom. The molecular weight excluding hydrogens is 1080 g/mol. The van der Waals surface area contributed by atoms with Crippen LogP contribution in [0.15, 0.2) is 67.1 Å². The van der Waals surface area contributed by atoms with Crippen LogP contribution in [-0.2, 0) is 23.9 Å². The van der Waals surface area contributed by atoms with Crippen molar-refractivity contribution in [2.75, 3.05) is 96.5 Å². The van der Waals surface area contributed by atoms with E-state index in [1.54, 1.807) is 6.33 Å². The van der Waals surface area contributed by atoms with Crippen molar-refractivity contribution in [1.29, 1.82) is 0 Å². The summed E-state index contributed by atoms with van der Waals surface area (Å²) in [6.45, 7) is 15.5. The molecule has 20 heteroatoms. The van der Waals surface area contributed by atoms with Crippen molar-refractivity contribution in [3.8, 4) is 0 Å². The lowest BCUT2D eigenvalue weighted by Crippen LogP contribution is -2.74. The van der Waals surface area contributed by atoms with E-state index in [1.165, 1.54) is 0 Å². The first kappa shape index (κ1) is 58.2. The van der Waals surface area contributed by atoms with Gasteiger partial charge in [-0.05, 0) is 120 Å². The van der Waals surface area contributed by atoms with Gasteiger partial charge in [0.15, 0.2) is 0 Å². The molecule has 6 aliphatic heterocycles. The predicted octanol–water partition coefficient (Wildman–Crippen LogP) is 6.14. The molecular formula is C64H86ClN12O7+. The van der Waals surface area contributed by atoms with Crippen molar-refractivity contribution < 1.29 is 38.4 Å². The predicted molar refractivity (Wildman–Crippen MR) is 320 cm³/mol. The van der Waals surface area contributed by atoms with Crippen molar-refractivity contribution in [2.24, 2.45) is 11.8 Å². The van der Waals surface area contributed by atoms with Gasteiger partial charge in [-0.3, -0.25) is 34.0 Å². The minimum atomic E-state index is -0.650. The average molecular weight is 1170 g/mol. The van der Waals surface area contributed by atoms with Crippen LogP contribution in [0.4, 0.5) is 10.6 Å². The molecule has 2 aromatic carbocycles. The minimum Gasteiger partial charge on any atom is -0.425 e. The van der Waals surface area contributed by atoms with E-state index in [0.717, 1.165) is 156 Å². The molecule has 2 aromatic heterocycles. The first-order chi connectivity index (χ1) is 40.6. The third kappa shape index (κ3) is 13.3. The van der Waals surface area contributed by atoms with E-state index in [1.807, 2.05) is 89.0 Å². The maximum Gasteiger partial charge on any atom is 0.508 e. The second kappa shape index (κ2) is 25.1. The topological polar surface area (TPSA) is 194 Å². The molecule has 2 saturated carbocycles. The van der Waals surface area contributed by atoms with E-state index in [4.69, 9.17) is 21.1 Å². The number of anilines is 1. The number of aromatic amines is 1. The van der Waals surface area contributed by atoms with Crippen molar-refractivity contribution >= 4 is 64.0 Å². The minimum absolute atomic E-state index is 0.0235. The highest BCUT2D eigenvalue weighted by Gasteiger charge is 2.74. The molecule has 6 saturated heterocycles. The second-order valence-electron chi connectivity index (χ2n) is 26.2. The molecule has 84 heavy (non-hydrogen) atoms. The number of benzene rings is 2. The van der Waals surface area contributed by atoms with Crippen molar-refractivity contribution in [2.45, 2.75) is 152 Å². The van der Waals surface area contributed by atoms with E-state index in [0.29, 0.717) is 69.5 Å². The van der Waals surface area contributed by atoms with Crippen LogP contribution in [0.5, 0.6) is 0 Å². The fourth-order valence-electron chi connectivity index (χ4n) is 14.1. The van der Waals surface area contributed by atoms with Gasteiger partial charge >= 0.3 is 11.9 Å². The molecule has 3 N–H and O–H groups in total. The number of amides is 5. The number of piperazine rings is 1. The Bertz CT molecular complexity index is 3030. The van der Waals surface area contributed by atoms with E-state index >= 15 is 0 Å². The average Bonchev–Trinajstić information content (AvgIpc) is 1.59. The summed E-state index contributed by atoms with van der Waals surface area (Å²) in [5.41, 5.74) is 2.40. The number of nitrogens with zero attached hydrogens (tertiary/aromatic N) is 9. The van der Waals surface area contributed by atoms with Crippen molar-refractivity contribution in [3.63, 3.8) is 0 Å². The van der Waals surface area contributed by atoms with E-state index < -0.39 is 17.2 Å². The number of nitrogens with one attached hydrogen (secondary N) is 3. The molecule has 0 bridgehead atoms. The summed E-state index contributed by atoms with van der Waals surface area (Å²) in [5.74, 6) is 2.62. The van der Waals surface area contributed by atoms with Crippen molar-refractivity contribution in [1.82, 2.24) is 49.7 Å². The van der Waals surface area contributed by atoms with Crippen LogP contribution in [0, 0.1) is 11.8 Å². The quantitative estimate of drug-likeness (QED) is 0.109. The van der Waals surface area contributed by atoms with Crippen LogP contribution in [0.1, 0.15) is 144 Å². The summed E-state index contributed by atoms with van der Waals surface area (Å²) in [4.78, 5) is 99.5. The lowest BCUT2D eigenvalue weighted by Gasteiger charge is -2.40. The molecule has 5 amide bonds. The maximum atomic E-state index is 14.4. The number of ether oxygens (including phenoxy) is 2. The number of carbonyl (C=O) groups excluding carboxylic acids is 5. The molecule has 2 atom stereocenters. The van der Waals surface area contributed by atoms with Crippen LogP contribution >= 0.6 is 11.6 Å². The number of amidine groups is 1. The van der Waals surface area contributed by atoms with Gasteiger partial charge in [0.2, 0.25) is 23.3 Å². The zero-order valence-electron chi connectivity index (χ0n) is 49.5. The van der Waals surface area contributed by atoms with E-state index in [9.17, 15) is 24.0 Å². The van der Waals surface area contributed by atoms with Gasteiger partial charge in [-0.1, -0.05) is 55.1 Å². The fourth-order valence-corrected chi connectivity index (χ4v) is 14.2. The first-order valence-corrected chi connectivity index (χ1v) is 31.8. The Balaban J connectivity index is 0.589. The number of carbonyl (C=O) groups is 5. The third-order valence-electron chi connectivity index (χ3n) is 19.3. The summed E-state index contributed by atoms with van der Waals surface area (Å²) in [7, 11) is 0. The molecule has 19 nitrogen and oxygen atoms in total. The Kier molecular flexibility index (Phi) is 17.4. The number of hydrogen-bond donors (Lipinski definition) is 3. The Morgan fingerprint density at radius 3 is 2.17 bits per heavy atom. The van der Waals surface area contributed by atoms with Crippen LogP contribution in [0.25, 0.3) is 11.0 Å². The molecule has 450 valence electrons. The lowest BCUT2D eigenvalue weighted by molar-refractivity contribution is -0.511. The largest absolute Gasteiger partial charge is 0.508 e. The SMILES string of the molecule is CC(C)(C)OC(=O)N1C(=[NH+][C@@H](CCN2CCN(C(=O)CN3CCC(OC4CCN(C(=O)[C@H](NC(=O)c5cccc(C6CN(C(=O)C7CC7)C6)c5)C5CCCCC5)CC4)CC3)CC2)c2ccc(Cl)cc2)C12CCN(c1ncnc3[nH]ccc13)CC2. The zero-order chi connectivity index (χ0) is 58.1. The maximum absolute atomic E-state index is 14.4. The number of H-pyrrole nitrogens is 1. The lowest BCUT2D eigenvalue weighted by atomic mass is 9.83. The molecule has 0 radical (unpaired) electrons. The summed E-state index contributed by atoms with van der Waals surface area (Å²) in [6, 6.07) is 17.1. The number of halogens is 1. The van der Waals surface area contributed by atoms with E-state index in [-0.39, 0.29) is 65.7 Å². The van der Waals surface area contributed by atoms with Gasteiger partial charge in [-0.25, -0.2) is 9.97 Å². The van der Waals surface area contributed by atoms with Gasteiger partial charge in [-0.2, -0.15) is 4.79 Å². The molecule has 4 aromatic rings. The Hall–Kier alpha value is -6.15. The number of aromatic nitrogens is 3. The first-order valence-electron chi connectivity index (χ1n) is 31.5.